The number of nitrogens with one attached hydrogen (secondary N) is 1. The Morgan fingerprint density at radius 1 is 1.38 bits per heavy atom. The van der Waals surface area contributed by atoms with Crippen molar-refractivity contribution in [3.63, 3.8) is 0 Å². The van der Waals surface area contributed by atoms with Gasteiger partial charge in [-0.25, -0.2) is 13.4 Å². The number of amides is 1. The fourth-order valence-electron chi connectivity index (χ4n) is 2.20. The second-order valence-electron chi connectivity index (χ2n) is 4.99. The van der Waals surface area contributed by atoms with Gasteiger partial charge >= 0.3 is 0 Å². The Hall–Kier alpha value is -1.18. The molecule has 8 heteroatoms. The van der Waals surface area contributed by atoms with Gasteiger partial charge in [-0.1, -0.05) is 30.5 Å². The minimum atomic E-state index is -3.76. The molecule has 0 aromatic carbocycles. The minimum Gasteiger partial charge on any atom is -0.368 e. The highest BCUT2D eigenvalue weighted by atomic mass is 35.5. The lowest BCUT2D eigenvalue weighted by molar-refractivity contribution is -0.125. The van der Waals surface area contributed by atoms with Crippen LogP contribution in [0, 0.1) is 0 Å². The number of hydrogen-bond donors (Lipinski definition) is 1. The van der Waals surface area contributed by atoms with E-state index in [0.717, 1.165) is 25.7 Å². The third-order valence-corrected chi connectivity index (χ3v) is 4.64. The fourth-order valence-corrected chi connectivity index (χ4v) is 3.40. The molecule has 1 heterocycles. The number of carbonyl (C=O) groups is 1. The normalized spacial score (nSPS) is 16.0. The van der Waals surface area contributed by atoms with Gasteiger partial charge in [-0.15, -0.1) is 0 Å². The number of ether oxygens (including phenoxy) is 1. The molecular weight excluding hydrogens is 316 g/mol. The van der Waals surface area contributed by atoms with Crippen molar-refractivity contribution in [2.24, 2.45) is 0 Å². The van der Waals surface area contributed by atoms with Crippen molar-refractivity contribution in [3.8, 4) is 0 Å². The van der Waals surface area contributed by atoms with Crippen LogP contribution in [0.2, 0.25) is 5.15 Å². The van der Waals surface area contributed by atoms with Gasteiger partial charge in [0, 0.05) is 6.20 Å². The first kappa shape index (κ1) is 16.2. The molecular formula is C13H17ClN2O4S. The summed E-state index contributed by atoms with van der Waals surface area (Å²) >= 11 is 5.62. The van der Waals surface area contributed by atoms with Gasteiger partial charge < -0.3 is 4.74 Å². The van der Waals surface area contributed by atoms with Crippen LogP contribution in [0.3, 0.4) is 0 Å². The van der Waals surface area contributed by atoms with E-state index in [9.17, 15) is 13.2 Å². The Labute approximate surface area is 128 Å². The maximum absolute atomic E-state index is 11.8. The number of nitrogens with zero attached hydrogens (tertiary/aromatic N) is 1. The van der Waals surface area contributed by atoms with E-state index in [1.165, 1.54) is 12.3 Å². The average Bonchev–Trinajstić information content (AvgIpc) is 2.91. The smallest absolute Gasteiger partial charge is 0.259 e. The number of hydrogen-bond acceptors (Lipinski definition) is 5. The Morgan fingerprint density at radius 2 is 2.10 bits per heavy atom. The second-order valence-corrected chi connectivity index (χ2v) is 7.10. The van der Waals surface area contributed by atoms with Crippen LogP contribution in [0.5, 0.6) is 0 Å². The molecule has 0 aliphatic heterocycles. The molecule has 0 unspecified atom stereocenters. The summed E-state index contributed by atoms with van der Waals surface area (Å²) in [7, 11) is -3.76. The number of carbonyl (C=O) groups excluding carboxylic acids is 1. The molecule has 0 spiro atoms. The monoisotopic (exact) mass is 332 g/mol. The van der Waals surface area contributed by atoms with Crippen molar-refractivity contribution < 1.29 is 17.9 Å². The molecule has 1 aliphatic rings. The predicted octanol–water partition coefficient (Wildman–Crippen LogP) is 1.64. The van der Waals surface area contributed by atoms with Gasteiger partial charge in [-0.3, -0.25) is 9.52 Å². The molecule has 0 radical (unpaired) electrons. The lowest BCUT2D eigenvalue weighted by Crippen LogP contribution is -2.35. The lowest BCUT2D eigenvalue weighted by atomic mass is 10.3. The van der Waals surface area contributed by atoms with Gasteiger partial charge in [0.1, 0.15) is 11.8 Å². The Bertz CT molecular complexity index is 583. The van der Waals surface area contributed by atoms with Crippen LogP contribution in [0.25, 0.3) is 0 Å². The number of aromatic nitrogens is 1. The number of halogens is 1. The van der Waals surface area contributed by atoms with Gasteiger partial charge in [-0.05, 0) is 24.5 Å². The molecule has 21 heavy (non-hydrogen) atoms. The zero-order valence-electron chi connectivity index (χ0n) is 11.4. The van der Waals surface area contributed by atoms with Crippen molar-refractivity contribution in [2.45, 2.75) is 37.5 Å². The van der Waals surface area contributed by atoms with Crippen LogP contribution in [-0.4, -0.2) is 32.0 Å². The number of sulfonamides is 1. The van der Waals surface area contributed by atoms with Gasteiger partial charge in [-0.2, -0.15) is 0 Å². The van der Waals surface area contributed by atoms with E-state index in [-0.39, 0.29) is 23.6 Å². The van der Waals surface area contributed by atoms with Gasteiger partial charge in [0.25, 0.3) is 5.91 Å². The zero-order chi connectivity index (χ0) is 15.3. The van der Waals surface area contributed by atoms with Crippen LogP contribution in [0.1, 0.15) is 31.2 Å². The molecule has 1 aromatic rings. The van der Waals surface area contributed by atoms with Gasteiger partial charge in [0.15, 0.2) is 0 Å². The molecule has 0 saturated heterocycles. The summed E-state index contributed by atoms with van der Waals surface area (Å²) in [6.07, 6.45) is 5.47. The van der Waals surface area contributed by atoms with Gasteiger partial charge in [0.05, 0.1) is 11.9 Å². The van der Waals surface area contributed by atoms with Crippen LogP contribution in [-0.2, 0) is 25.3 Å². The number of pyridine rings is 1. The molecule has 2 rings (SSSR count). The minimum absolute atomic E-state index is 0.0684. The van der Waals surface area contributed by atoms with E-state index in [2.05, 4.69) is 4.98 Å². The first-order valence-electron chi connectivity index (χ1n) is 6.70. The molecule has 1 amide bonds. The van der Waals surface area contributed by atoms with Crippen molar-refractivity contribution in [1.82, 2.24) is 9.71 Å². The third-order valence-electron chi connectivity index (χ3n) is 3.17. The Morgan fingerprint density at radius 3 is 2.71 bits per heavy atom. The standard InChI is InChI=1S/C13H17ClN2O4S/c14-12-6-5-10(7-15-12)9-21(18,19)16-13(17)8-20-11-3-1-2-4-11/h5-7,11H,1-4,8-9H2,(H,16,17). The molecule has 116 valence electrons. The maximum Gasteiger partial charge on any atom is 0.259 e. The van der Waals surface area contributed by atoms with E-state index in [4.69, 9.17) is 16.3 Å². The van der Waals surface area contributed by atoms with Crippen LogP contribution >= 0.6 is 11.6 Å². The Kier molecular flexibility index (Phi) is 5.55. The average molecular weight is 333 g/mol. The molecule has 1 aromatic heterocycles. The summed E-state index contributed by atoms with van der Waals surface area (Å²) in [6.45, 7) is -0.233. The van der Waals surface area contributed by atoms with Crippen LogP contribution < -0.4 is 4.72 Å². The quantitative estimate of drug-likeness (QED) is 0.800. The second kappa shape index (κ2) is 7.20. The summed E-state index contributed by atoms with van der Waals surface area (Å²) in [4.78, 5) is 15.4. The van der Waals surface area contributed by atoms with E-state index in [1.807, 2.05) is 4.72 Å². The first-order valence-corrected chi connectivity index (χ1v) is 8.73. The molecule has 1 saturated carbocycles. The van der Waals surface area contributed by atoms with E-state index in [1.54, 1.807) is 6.07 Å². The first-order chi connectivity index (χ1) is 9.94. The van der Waals surface area contributed by atoms with Crippen molar-refractivity contribution in [2.75, 3.05) is 6.61 Å². The van der Waals surface area contributed by atoms with E-state index < -0.39 is 15.9 Å². The summed E-state index contributed by atoms with van der Waals surface area (Å²) in [5.74, 6) is -0.976. The highest BCUT2D eigenvalue weighted by molar-refractivity contribution is 7.89. The largest absolute Gasteiger partial charge is 0.368 e. The van der Waals surface area contributed by atoms with E-state index in [0.29, 0.717) is 5.56 Å². The lowest BCUT2D eigenvalue weighted by Gasteiger charge is -2.11. The highest BCUT2D eigenvalue weighted by Crippen LogP contribution is 2.20. The third kappa shape index (κ3) is 5.61. The zero-order valence-corrected chi connectivity index (χ0v) is 13.0. The SMILES string of the molecule is O=C(COC1CCCC1)NS(=O)(=O)Cc1ccc(Cl)nc1. The van der Waals surface area contributed by atoms with E-state index >= 15 is 0 Å². The summed E-state index contributed by atoms with van der Waals surface area (Å²) < 4.78 is 31.0. The van der Waals surface area contributed by atoms with Crippen LogP contribution in [0.4, 0.5) is 0 Å². The molecule has 6 nitrogen and oxygen atoms in total. The van der Waals surface area contributed by atoms with Crippen molar-refractivity contribution in [1.29, 1.82) is 0 Å². The van der Waals surface area contributed by atoms with Gasteiger partial charge in [0.2, 0.25) is 10.0 Å². The predicted molar refractivity (Wildman–Crippen MR) is 78.2 cm³/mol. The van der Waals surface area contributed by atoms with Crippen LogP contribution in [0.15, 0.2) is 18.3 Å². The van der Waals surface area contributed by atoms with Crippen molar-refractivity contribution in [3.05, 3.63) is 29.0 Å². The topological polar surface area (TPSA) is 85.4 Å². The molecule has 0 atom stereocenters. The highest BCUT2D eigenvalue weighted by Gasteiger charge is 2.19. The van der Waals surface area contributed by atoms with Crippen molar-refractivity contribution >= 4 is 27.5 Å². The summed E-state index contributed by atoms with van der Waals surface area (Å²) in [5, 5.41) is 0.283. The number of rotatable bonds is 6. The summed E-state index contributed by atoms with van der Waals surface area (Å²) in [6, 6.07) is 3.05. The fraction of sp³-hybridized carbons (Fsp3) is 0.538. The maximum atomic E-state index is 11.8. The molecule has 1 N–H and O–H groups in total. The molecule has 1 aliphatic carbocycles. The molecule has 1 fully saturated rings. The Balaban J connectivity index is 1.82. The molecule has 0 bridgehead atoms. The summed E-state index contributed by atoms with van der Waals surface area (Å²) in [5.41, 5.74) is 0.455.